The summed E-state index contributed by atoms with van der Waals surface area (Å²) >= 11 is 0. The SMILES string of the molecule is CCOC(=O)Nc1ccccc1N1CCOCC1. The van der Waals surface area contributed by atoms with Gasteiger partial charge in [0.05, 0.1) is 31.2 Å². The van der Waals surface area contributed by atoms with Crippen LogP contribution in [0, 0.1) is 0 Å². The van der Waals surface area contributed by atoms with Gasteiger partial charge in [-0.05, 0) is 19.1 Å². The molecule has 0 radical (unpaired) electrons. The highest BCUT2D eigenvalue weighted by Crippen LogP contribution is 2.26. The number of ether oxygens (including phenoxy) is 2. The number of hydrogen-bond donors (Lipinski definition) is 1. The number of carbonyl (C=O) groups excluding carboxylic acids is 1. The van der Waals surface area contributed by atoms with Gasteiger partial charge < -0.3 is 14.4 Å². The van der Waals surface area contributed by atoms with E-state index in [1.54, 1.807) is 6.92 Å². The number of nitrogens with one attached hydrogen (secondary N) is 1. The lowest BCUT2D eigenvalue weighted by molar-refractivity contribution is 0.123. The van der Waals surface area contributed by atoms with Crippen LogP contribution >= 0.6 is 0 Å². The summed E-state index contributed by atoms with van der Waals surface area (Å²) in [5, 5.41) is 2.77. The number of amides is 1. The van der Waals surface area contributed by atoms with Gasteiger partial charge in [-0.2, -0.15) is 0 Å². The highest BCUT2D eigenvalue weighted by atomic mass is 16.5. The van der Waals surface area contributed by atoms with Gasteiger partial charge in [0, 0.05) is 13.1 Å². The Hall–Kier alpha value is -1.75. The summed E-state index contributed by atoms with van der Waals surface area (Å²) in [5.74, 6) is 0. The first-order chi connectivity index (χ1) is 8.81. The molecule has 1 heterocycles. The van der Waals surface area contributed by atoms with E-state index in [9.17, 15) is 4.79 Å². The molecule has 1 fully saturated rings. The predicted molar refractivity (Wildman–Crippen MR) is 70.1 cm³/mol. The summed E-state index contributed by atoms with van der Waals surface area (Å²) in [6, 6.07) is 7.72. The molecule has 0 aromatic heterocycles. The second-order valence-corrected chi connectivity index (χ2v) is 3.96. The van der Waals surface area contributed by atoms with Crippen LogP contribution < -0.4 is 10.2 Å². The Morgan fingerprint density at radius 1 is 1.39 bits per heavy atom. The van der Waals surface area contributed by atoms with Crippen LogP contribution in [0.2, 0.25) is 0 Å². The summed E-state index contributed by atoms with van der Waals surface area (Å²) in [4.78, 5) is 13.7. The monoisotopic (exact) mass is 250 g/mol. The maximum absolute atomic E-state index is 11.5. The quantitative estimate of drug-likeness (QED) is 0.892. The van der Waals surface area contributed by atoms with Gasteiger partial charge in [0.25, 0.3) is 0 Å². The normalized spacial score (nSPS) is 15.3. The Morgan fingerprint density at radius 3 is 2.83 bits per heavy atom. The zero-order valence-electron chi connectivity index (χ0n) is 10.5. The molecule has 1 saturated heterocycles. The van der Waals surface area contributed by atoms with Gasteiger partial charge in [0.15, 0.2) is 0 Å². The number of carbonyl (C=O) groups is 1. The Labute approximate surface area is 107 Å². The minimum atomic E-state index is -0.418. The van der Waals surface area contributed by atoms with Crippen molar-refractivity contribution in [3.63, 3.8) is 0 Å². The van der Waals surface area contributed by atoms with E-state index in [2.05, 4.69) is 10.2 Å². The van der Waals surface area contributed by atoms with Gasteiger partial charge in [-0.1, -0.05) is 12.1 Å². The van der Waals surface area contributed by atoms with Gasteiger partial charge >= 0.3 is 6.09 Å². The molecular formula is C13H18N2O3. The average Bonchev–Trinajstić information content (AvgIpc) is 2.40. The van der Waals surface area contributed by atoms with E-state index in [4.69, 9.17) is 9.47 Å². The first-order valence-corrected chi connectivity index (χ1v) is 6.16. The smallest absolute Gasteiger partial charge is 0.411 e. The lowest BCUT2D eigenvalue weighted by Crippen LogP contribution is -2.36. The Kier molecular flexibility index (Phi) is 4.41. The molecule has 1 aromatic carbocycles. The first-order valence-electron chi connectivity index (χ1n) is 6.16. The second kappa shape index (κ2) is 6.26. The third kappa shape index (κ3) is 3.13. The maximum Gasteiger partial charge on any atom is 0.411 e. The second-order valence-electron chi connectivity index (χ2n) is 3.96. The summed E-state index contributed by atoms with van der Waals surface area (Å²) in [7, 11) is 0. The molecule has 0 saturated carbocycles. The number of para-hydroxylation sites is 2. The van der Waals surface area contributed by atoms with Crippen molar-refractivity contribution < 1.29 is 14.3 Å². The molecule has 1 amide bonds. The lowest BCUT2D eigenvalue weighted by Gasteiger charge is -2.30. The Bertz CT molecular complexity index is 403. The summed E-state index contributed by atoms with van der Waals surface area (Å²) in [5.41, 5.74) is 1.78. The predicted octanol–water partition coefficient (Wildman–Crippen LogP) is 2.09. The molecule has 0 atom stereocenters. The zero-order chi connectivity index (χ0) is 12.8. The molecule has 0 spiro atoms. The summed E-state index contributed by atoms with van der Waals surface area (Å²) in [6.07, 6.45) is -0.418. The van der Waals surface area contributed by atoms with Crippen LogP contribution in [0.15, 0.2) is 24.3 Å². The highest BCUT2D eigenvalue weighted by Gasteiger charge is 2.15. The van der Waals surface area contributed by atoms with Gasteiger partial charge in [-0.3, -0.25) is 5.32 Å². The van der Waals surface area contributed by atoms with Crippen LogP contribution in [-0.2, 0) is 9.47 Å². The average molecular weight is 250 g/mol. The van der Waals surface area contributed by atoms with E-state index in [1.165, 1.54) is 0 Å². The molecule has 98 valence electrons. The van der Waals surface area contributed by atoms with Crippen molar-refractivity contribution in [3.05, 3.63) is 24.3 Å². The molecule has 1 aliphatic rings. The molecule has 5 heteroatoms. The van der Waals surface area contributed by atoms with Gasteiger partial charge in [0.2, 0.25) is 0 Å². The summed E-state index contributed by atoms with van der Waals surface area (Å²) < 4.78 is 10.2. The van der Waals surface area contributed by atoms with Crippen molar-refractivity contribution in [1.29, 1.82) is 0 Å². The zero-order valence-corrected chi connectivity index (χ0v) is 10.5. The fourth-order valence-corrected chi connectivity index (χ4v) is 1.94. The fourth-order valence-electron chi connectivity index (χ4n) is 1.94. The molecule has 0 aliphatic carbocycles. The van der Waals surface area contributed by atoms with Crippen molar-refractivity contribution in [1.82, 2.24) is 0 Å². The van der Waals surface area contributed by atoms with Crippen LogP contribution in [0.4, 0.5) is 16.2 Å². The fraction of sp³-hybridized carbons (Fsp3) is 0.462. The standard InChI is InChI=1S/C13H18N2O3/c1-2-18-13(16)14-11-5-3-4-6-12(11)15-7-9-17-10-8-15/h3-6H,2,7-10H2,1H3,(H,14,16). The minimum Gasteiger partial charge on any atom is -0.450 e. The third-order valence-electron chi connectivity index (χ3n) is 2.77. The molecular weight excluding hydrogens is 232 g/mol. The van der Waals surface area contributed by atoms with Crippen LogP contribution in [0.1, 0.15) is 6.92 Å². The number of anilines is 2. The molecule has 18 heavy (non-hydrogen) atoms. The number of nitrogens with zero attached hydrogens (tertiary/aromatic N) is 1. The van der Waals surface area contributed by atoms with Crippen molar-refractivity contribution in [2.24, 2.45) is 0 Å². The molecule has 0 bridgehead atoms. The lowest BCUT2D eigenvalue weighted by atomic mass is 10.2. The topological polar surface area (TPSA) is 50.8 Å². The molecule has 0 unspecified atom stereocenters. The van der Waals surface area contributed by atoms with Gasteiger partial charge in [0.1, 0.15) is 0 Å². The van der Waals surface area contributed by atoms with Crippen molar-refractivity contribution >= 4 is 17.5 Å². The molecule has 1 aliphatic heterocycles. The van der Waals surface area contributed by atoms with E-state index < -0.39 is 6.09 Å². The molecule has 5 nitrogen and oxygen atoms in total. The van der Waals surface area contributed by atoms with Gasteiger partial charge in [-0.15, -0.1) is 0 Å². The maximum atomic E-state index is 11.5. The Balaban J connectivity index is 2.11. The number of morpholine rings is 1. The largest absolute Gasteiger partial charge is 0.450 e. The molecule has 1 N–H and O–H groups in total. The number of hydrogen-bond acceptors (Lipinski definition) is 4. The van der Waals surface area contributed by atoms with Crippen LogP contribution in [0.3, 0.4) is 0 Å². The van der Waals surface area contributed by atoms with E-state index in [0.717, 1.165) is 24.5 Å². The summed E-state index contributed by atoms with van der Waals surface area (Å²) in [6.45, 7) is 5.25. The van der Waals surface area contributed by atoms with Crippen LogP contribution in [0.5, 0.6) is 0 Å². The Morgan fingerprint density at radius 2 is 2.11 bits per heavy atom. The molecule has 1 aromatic rings. The van der Waals surface area contributed by atoms with E-state index in [-0.39, 0.29) is 0 Å². The third-order valence-corrected chi connectivity index (χ3v) is 2.77. The minimum absolute atomic E-state index is 0.367. The van der Waals surface area contributed by atoms with E-state index in [1.807, 2.05) is 24.3 Å². The van der Waals surface area contributed by atoms with Crippen molar-refractivity contribution in [2.45, 2.75) is 6.92 Å². The van der Waals surface area contributed by atoms with Crippen molar-refractivity contribution in [3.8, 4) is 0 Å². The van der Waals surface area contributed by atoms with Crippen LogP contribution in [-0.4, -0.2) is 39.0 Å². The van der Waals surface area contributed by atoms with E-state index >= 15 is 0 Å². The van der Waals surface area contributed by atoms with Crippen molar-refractivity contribution in [2.75, 3.05) is 43.1 Å². The molecule has 2 rings (SSSR count). The number of benzene rings is 1. The van der Waals surface area contributed by atoms with Crippen LogP contribution in [0.25, 0.3) is 0 Å². The van der Waals surface area contributed by atoms with E-state index in [0.29, 0.717) is 19.8 Å². The van der Waals surface area contributed by atoms with Gasteiger partial charge in [-0.25, -0.2) is 4.79 Å². The highest BCUT2D eigenvalue weighted by molar-refractivity contribution is 5.89. The number of rotatable bonds is 3. The first kappa shape index (κ1) is 12.7.